The number of halogens is 1. The number of hydrogen-bond donors (Lipinski definition) is 0. The summed E-state index contributed by atoms with van der Waals surface area (Å²) in [6, 6.07) is 3.94. The molecular weight excluding hydrogens is 218 g/mol. The van der Waals surface area contributed by atoms with Gasteiger partial charge in [0.2, 0.25) is 0 Å². The van der Waals surface area contributed by atoms with E-state index in [4.69, 9.17) is 11.6 Å². The summed E-state index contributed by atoms with van der Waals surface area (Å²) in [4.78, 5) is 14.6. The minimum atomic E-state index is 0.360. The Balaban J connectivity index is 1.93. The van der Waals surface area contributed by atoms with Crippen LogP contribution in [0.3, 0.4) is 0 Å². The molecule has 0 atom stereocenters. The Hall–Kier alpha value is -0.380. The summed E-state index contributed by atoms with van der Waals surface area (Å²) >= 11 is 7.43. The SMILES string of the molecule is O=C1CCCN(Cc2ccc(Cl)s2)C1. The van der Waals surface area contributed by atoms with Crippen LogP contribution >= 0.6 is 22.9 Å². The molecule has 2 nitrogen and oxygen atoms in total. The van der Waals surface area contributed by atoms with Crippen LogP contribution in [0.1, 0.15) is 17.7 Å². The van der Waals surface area contributed by atoms with Crippen molar-refractivity contribution in [1.29, 1.82) is 0 Å². The van der Waals surface area contributed by atoms with Gasteiger partial charge in [-0.1, -0.05) is 11.6 Å². The van der Waals surface area contributed by atoms with Crippen LogP contribution in [0.15, 0.2) is 12.1 Å². The van der Waals surface area contributed by atoms with E-state index >= 15 is 0 Å². The Kier molecular flexibility index (Phi) is 3.21. The second-order valence-electron chi connectivity index (χ2n) is 3.56. The third-order valence-electron chi connectivity index (χ3n) is 2.34. The van der Waals surface area contributed by atoms with Gasteiger partial charge in [0.15, 0.2) is 0 Å². The minimum Gasteiger partial charge on any atom is -0.298 e. The number of ketones is 1. The fraction of sp³-hybridized carbons (Fsp3) is 0.500. The largest absolute Gasteiger partial charge is 0.298 e. The van der Waals surface area contributed by atoms with Gasteiger partial charge in [-0.05, 0) is 25.1 Å². The Morgan fingerprint density at radius 3 is 3.00 bits per heavy atom. The Morgan fingerprint density at radius 2 is 2.36 bits per heavy atom. The Labute approximate surface area is 92.5 Å². The quantitative estimate of drug-likeness (QED) is 0.777. The van der Waals surface area contributed by atoms with E-state index in [2.05, 4.69) is 4.90 Å². The second-order valence-corrected chi connectivity index (χ2v) is 5.36. The van der Waals surface area contributed by atoms with Gasteiger partial charge in [-0.15, -0.1) is 11.3 Å². The highest BCUT2D eigenvalue weighted by atomic mass is 35.5. The van der Waals surface area contributed by atoms with E-state index < -0.39 is 0 Å². The van der Waals surface area contributed by atoms with Gasteiger partial charge in [-0.2, -0.15) is 0 Å². The number of piperidine rings is 1. The monoisotopic (exact) mass is 229 g/mol. The number of nitrogens with zero attached hydrogens (tertiary/aromatic N) is 1. The second kappa shape index (κ2) is 4.43. The normalized spacial score (nSPS) is 18.8. The van der Waals surface area contributed by atoms with Gasteiger partial charge in [-0.25, -0.2) is 0 Å². The fourth-order valence-corrected chi connectivity index (χ4v) is 2.83. The van der Waals surface area contributed by atoms with Crippen LogP contribution in [0.25, 0.3) is 0 Å². The molecule has 0 spiro atoms. The van der Waals surface area contributed by atoms with Gasteiger partial charge in [0, 0.05) is 17.8 Å². The molecule has 2 rings (SSSR count). The summed E-state index contributed by atoms with van der Waals surface area (Å²) in [5.41, 5.74) is 0. The van der Waals surface area contributed by atoms with Crippen molar-refractivity contribution in [3.63, 3.8) is 0 Å². The molecule has 1 fully saturated rings. The molecule has 2 heterocycles. The molecule has 0 saturated carbocycles. The average molecular weight is 230 g/mol. The standard InChI is InChI=1S/C10H12ClNOS/c11-10-4-3-9(14-10)7-12-5-1-2-8(13)6-12/h3-4H,1-2,5-7H2. The van der Waals surface area contributed by atoms with Crippen molar-refractivity contribution < 1.29 is 4.79 Å². The topological polar surface area (TPSA) is 20.3 Å². The molecule has 1 aromatic rings. The number of likely N-dealkylation sites (tertiary alicyclic amines) is 1. The molecule has 1 aromatic heterocycles. The predicted octanol–water partition coefficient (Wildman–Crippen LogP) is 2.57. The van der Waals surface area contributed by atoms with E-state index in [1.54, 1.807) is 11.3 Å². The fourth-order valence-electron chi connectivity index (χ4n) is 1.70. The Bertz CT molecular complexity index is 337. The van der Waals surface area contributed by atoms with Crippen molar-refractivity contribution in [3.8, 4) is 0 Å². The number of Topliss-reactive ketones (excluding diaryl/α,β-unsaturated/α-hetero) is 1. The smallest absolute Gasteiger partial charge is 0.146 e. The van der Waals surface area contributed by atoms with Gasteiger partial charge in [-0.3, -0.25) is 9.69 Å². The summed E-state index contributed by atoms with van der Waals surface area (Å²) in [5.74, 6) is 0.360. The molecule has 14 heavy (non-hydrogen) atoms. The molecule has 0 bridgehead atoms. The zero-order chi connectivity index (χ0) is 9.97. The maximum absolute atomic E-state index is 11.2. The van der Waals surface area contributed by atoms with Crippen LogP contribution in [0.5, 0.6) is 0 Å². The van der Waals surface area contributed by atoms with Crippen molar-refractivity contribution in [2.75, 3.05) is 13.1 Å². The minimum absolute atomic E-state index is 0.360. The first-order valence-electron chi connectivity index (χ1n) is 4.72. The molecule has 0 amide bonds. The zero-order valence-electron chi connectivity index (χ0n) is 7.83. The highest BCUT2D eigenvalue weighted by Gasteiger charge is 2.16. The van der Waals surface area contributed by atoms with Crippen LogP contribution in [-0.4, -0.2) is 23.8 Å². The van der Waals surface area contributed by atoms with Crippen LogP contribution in [0, 0.1) is 0 Å². The molecule has 0 N–H and O–H groups in total. The van der Waals surface area contributed by atoms with Crippen molar-refractivity contribution in [2.24, 2.45) is 0 Å². The van der Waals surface area contributed by atoms with Crippen LogP contribution in [0.2, 0.25) is 4.34 Å². The van der Waals surface area contributed by atoms with Gasteiger partial charge < -0.3 is 0 Å². The third-order valence-corrected chi connectivity index (χ3v) is 3.55. The molecule has 0 aromatic carbocycles. The maximum Gasteiger partial charge on any atom is 0.146 e. The molecule has 1 saturated heterocycles. The van der Waals surface area contributed by atoms with E-state index in [0.29, 0.717) is 12.3 Å². The van der Waals surface area contributed by atoms with Crippen molar-refractivity contribution in [2.45, 2.75) is 19.4 Å². The first-order valence-corrected chi connectivity index (χ1v) is 5.92. The first kappa shape index (κ1) is 10.1. The van der Waals surface area contributed by atoms with Crippen molar-refractivity contribution >= 4 is 28.7 Å². The summed E-state index contributed by atoms with van der Waals surface area (Å²) in [6.07, 6.45) is 1.75. The van der Waals surface area contributed by atoms with Crippen LogP contribution < -0.4 is 0 Å². The molecule has 1 aliphatic heterocycles. The molecule has 0 unspecified atom stereocenters. The number of thiophene rings is 1. The van der Waals surface area contributed by atoms with Gasteiger partial charge in [0.05, 0.1) is 10.9 Å². The zero-order valence-corrected chi connectivity index (χ0v) is 9.40. The number of carbonyl (C=O) groups is 1. The van der Waals surface area contributed by atoms with E-state index in [-0.39, 0.29) is 0 Å². The summed E-state index contributed by atoms with van der Waals surface area (Å²) in [5, 5.41) is 0. The molecular formula is C10H12ClNOS. The van der Waals surface area contributed by atoms with E-state index in [1.165, 1.54) is 4.88 Å². The van der Waals surface area contributed by atoms with Crippen molar-refractivity contribution in [3.05, 3.63) is 21.3 Å². The van der Waals surface area contributed by atoms with Crippen LogP contribution in [-0.2, 0) is 11.3 Å². The number of rotatable bonds is 2. The van der Waals surface area contributed by atoms with Gasteiger partial charge in [0.25, 0.3) is 0 Å². The third kappa shape index (κ3) is 2.56. The summed E-state index contributed by atoms with van der Waals surface area (Å²) in [6.45, 7) is 2.50. The van der Waals surface area contributed by atoms with E-state index in [9.17, 15) is 4.79 Å². The van der Waals surface area contributed by atoms with E-state index in [1.807, 2.05) is 12.1 Å². The number of carbonyl (C=O) groups excluding carboxylic acids is 1. The maximum atomic E-state index is 11.2. The molecule has 4 heteroatoms. The van der Waals surface area contributed by atoms with Gasteiger partial charge >= 0.3 is 0 Å². The van der Waals surface area contributed by atoms with Crippen LogP contribution in [0.4, 0.5) is 0 Å². The molecule has 76 valence electrons. The average Bonchev–Trinajstić information content (AvgIpc) is 2.51. The van der Waals surface area contributed by atoms with E-state index in [0.717, 1.165) is 30.3 Å². The summed E-state index contributed by atoms with van der Waals surface area (Å²) < 4.78 is 0.823. The Morgan fingerprint density at radius 1 is 1.50 bits per heavy atom. The number of hydrogen-bond acceptors (Lipinski definition) is 3. The lowest BCUT2D eigenvalue weighted by molar-refractivity contribution is -0.122. The molecule has 0 aliphatic carbocycles. The van der Waals surface area contributed by atoms with Gasteiger partial charge in [0.1, 0.15) is 5.78 Å². The van der Waals surface area contributed by atoms with Crippen molar-refractivity contribution in [1.82, 2.24) is 4.90 Å². The lowest BCUT2D eigenvalue weighted by atomic mass is 10.1. The highest BCUT2D eigenvalue weighted by Crippen LogP contribution is 2.23. The summed E-state index contributed by atoms with van der Waals surface area (Å²) in [7, 11) is 0. The lowest BCUT2D eigenvalue weighted by Crippen LogP contribution is -2.34. The highest BCUT2D eigenvalue weighted by molar-refractivity contribution is 7.16. The predicted molar refractivity (Wildman–Crippen MR) is 58.8 cm³/mol. The molecule has 1 aliphatic rings. The first-order chi connectivity index (χ1) is 6.74. The lowest BCUT2D eigenvalue weighted by Gasteiger charge is -2.24. The molecule has 0 radical (unpaired) electrons.